The van der Waals surface area contributed by atoms with Crippen LogP contribution in [0.5, 0.6) is 0 Å². The average Bonchev–Trinajstić information content (AvgIpc) is 2.45. The Morgan fingerprint density at radius 3 is 2.21 bits per heavy atom. The summed E-state index contributed by atoms with van der Waals surface area (Å²) < 4.78 is 37.2. The van der Waals surface area contributed by atoms with Gasteiger partial charge in [0.05, 0.1) is 0 Å². The van der Waals surface area contributed by atoms with Crippen LogP contribution in [0.1, 0.15) is 24.9 Å². The van der Waals surface area contributed by atoms with E-state index in [1.54, 1.807) is 12.1 Å². The second kappa shape index (κ2) is 10.6. The van der Waals surface area contributed by atoms with Crippen LogP contribution in [0.15, 0.2) is 41.3 Å². The van der Waals surface area contributed by atoms with Crippen LogP contribution >= 0.6 is 36.6 Å². The van der Waals surface area contributed by atoms with Crippen LogP contribution in [0.25, 0.3) is 0 Å². The molecule has 1 aromatic rings. The van der Waals surface area contributed by atoms with Crippen molar-refractivity contribution in [1.29, 1.82) is 0 Å². The van der Waals surface area contributed by atoms with Crippen LogP contribution in [-0.4, -0.2) is 36.6 Å². The summed E-state index contributed by atoms with van der Waals surface area (Å²) in [7, 11) is 0. The minimum absolute atomic E-state index is 0. The number of piperazine rings is 1. The van der Waals surface area contributed by atoms with Crippen molar-refractivity contribution < 1.29 is 13.2 Å². The van der Waals surface area contributed by atoms with E-state index in [9.17, 15) is 13.2 Å². The fourth-order valence-corrected chi connectivity index (χ4v) is 3.21. The van der Waals surface area contributed by atoms with E-state index in [1.807, 2.05) is 19.1 Å². The number of hydrogen-bond acceptors (Lipinski definition) is 3. The standard InChI is InChI=1S/C16H21F3N2S.2ClH/c1-12(2)11-15(21-9-7-20-8-10-21)13-3-5-14(6-4-13)22-16(17,18)19;;/h3-6,15,20H,1,7-11H2,2H3;2*1H/t15-;;/m1../s1. The van der Waals surface area contributed by atoms with Crippen molar-refractivity contribution in [1.82, 2.24) is 10.2 Å². The van der Waals surface area contributed by atoms with Crippen LogP contribution in [0.4, 0.5) is 13.2 Å². The summed E-state index contributed by atoms with van der Waals surface area (Å²) in [6, 6.07) is 6.92. The van der Waals surface area contributed by atoms with E-state index < -0.39 is 5.51 Å². The maximum absolute atomic E-state index is 12.4. The third-order valence-corrected chi connectivity index (χ3v) is 4.37. The van der Waals surface area contributed by atoms with Crippen molar-refractivity contribution in [3.05, 3.63) is 42.0 Å². The molecule has 1 aromatic carbocycles. The quantitative estimate of drug-likeness (QED) is 0.547. The van der Waals surface area contributed by atoms with Gasteiger partial charge in [0.15, 0.2) is 0 Å². The van der Waals surface area contributed by atoms with Gasteiger partial charge in [-0.3, -0.25) is 4.90 Å². The number of halogens is 5. The molecule has 0 unspecified atom stereocenters. The van der Waals surface area contributed by atoms with Gasteiger partial charge in [0.2, 0.25) is 0 Å². The first kappa shape index (κ1) is 23.6. The van der Waals surface area contributed by atoms with Gasteiger partial charge in [-0.25, -0.2) is 0 Å². The van der Waals surface area contributed by atoms with Gasteiger partial charge < -0.3 is 5.32 Å². The van der Waals surface area contributed by atoms with Gasteiger partial charge in [-0.2, -0.15) is 13.2 Å². The molecule has 2 rings (SSSR count). The molecule has 0 spiro atoms. The van der Waals surface area contributed by atoms with Gasteiger partial charge in [0.25, 0.3) is 0 Å². The molecule has 138 valence electrons. The maximum atomic E-state index is 12.4. The van der Waals surface area contributed by atoms with E-state index in [0.29, 0.717) is 0 Å². The predicted octanol–water partition coefficient (Wildman–Crippen LogP) is 5.05. The summed E-state index contributed by atoms with van der Waals surface area (Å²) in [5.74, 6) is 0. The highest BCUT2D eigenvalue weighted by atomic mass is 35.5. The molecule has 0 saturated carbocycles. The van der Waals surface area contributed by atoms with Crippen LogP contribution in [0, 0.1) is 0 Å². The van der Waals surface area contributed by atoms with Crippen LogP contribution < -0.4 is 5.32 Å². The lowest BCUT2D eigenvalue weighted by Crippen LogP contribution is -2.45. The first-order chi connectivity index (χ1) is 10.3. The van der Waals surface area contributed by atoms with Crippen molar-refractivity contribution in [3.8, 4) is 0 Å². The highest BCUT2D eigenvalue weighted by Gasteiger charge is 2.29. The Bertz CT molecular complexity index is 503. The Kier molecular flexibility index (Phi) is 10.4. The third-order valence-electron chi connectivity index (χ3n) is 3.63. The monoisotopic (exact) mass is 402 g/mol. The molecular formula is C16H23Cl2F3N2S. The Labute approximate surface area is 158 Å². The maximum Gasteiger partial charge on any atom is 0.446 e. The Morgan fingerprint density at radius 1 is 1.21 bits per heavy atom. The summed E-state index contributed by atoms with van der Waals surface area (Å²) in [5, 5.41) is 3.32. The number of hydrogen-bond donors (Lipinski definition) is 1. The molecular weight excluding hydrogens is 380 g/mol. The molecule has 0 aromatic heterocycles. The molecule has 1 saturated heterocycles. The average molecular weight is 403 g/mol. The molecule has 1 fully saturated rings. The van der Waals surface area contributed by atoms with Crippen LogP contribution in [-0.2, 0) is 0 Å². The summed E-state index contributed by atoms with van der Waals surface area (Å²) in [5.41, 5.74) is -2.11. The van der Waals surface area contributed by atoms with Gasteiger partial charge in [-0.15, -0.1) is 31.4 Å². The van der Waals surface area contributed by atoms with Crippen molar-refractivity contribution in [2.75, 3.05) is 26.2 Å². The normalized spacial score (nSPS) is 16.7. The van der Waals surface area contributed by atoms with E-state index >= 15 is 0 Å². The largest absolute Gasteiger partial charge is 0.446 e. The van der Waals surface area contributed by atoms with E-state index in [4.69, 9.17) is 0 Å². The second-order valence-corrected chi connectivity index (χ2v) is 6.72. The van der Waals surface area contributed by atoms with Crippen LogP contribution in [0.2, 0.25) is 0 Å². The van der Waals surface area contributed by atoms with Gasteiger partial charge in [0, 0.05) is 37.1 Å². The molecule has 1 aliphatic heterocycles. The smallest absolute Gasteiger partial charge is 0.314 e. The van der Waals surface area contributed by atoms with E-state index in [2.05, 4.69) is 16.8 Å². The number of thioether (sulfide) groups is 1. The molecule has 0 radical (unpaired) electrons. The highest BCUT2D eigenvalue weighted by molar-refractivity contribution is 8.00. The fourth-order valence-electron chi connectivity index (χ4n) is 2.67. The molecule has 24 heavy (non-hydrogen) atoms. The topological polar surface area (TPSA) is 15.3 Å². The van der Waals surface area contributed by atoms with Gasteiger partial charge in [0.1, 0.15) is 0 Å². The predicted molar refractivity (Wildman–Crippen MR) is 99.5 cm³/mol. The molecule has 1 N–H and O–H groups in total. The minimum Gasteiger partial charge on any atom is -0.314 e. The summed E-state index contributed by atoms with van der Waals surface area (Å²) in [4.78, 5) is 2.60. The zero-order valence-electron chi connectivity index (χ0n) is 13.4. The summed E-state index contributed by atoms with van der Waals surface area (Å²) in [6.07, 6.45) is 0.825. The second-order valence-electron chi connectivity index (χ2n) is 5.58. The van der Waals surface area contributed by atoms with Crippen molar-refractivity contribution in [2.45, 2.75) is 29.8 Å². The molecule has 2 nitrogen and oxygen atoms in total. The lowest BCUT2D eigenvalue weighted by Gasteiger charge is -2.35. The number of alkyl halides is 3. The Balaban J connectivity index is 0.00000264. The molecule has 0 bridgehead atoms. The van der Waals surface area contributed by atoms with Crippen molar-refractivity contribution >= 4 is 36.6 Å². The zero-order valence-corrected chi connectivity index (χ0v) is 15.9. The van der Waals surface area contributed by atoms with Gasteiger partial charge in [-0.05, 0) is 42.8 Å². The Morgan fingerprint density at radius 2 is 1.75 bits per heavy atom. The van der Waals surface area contributed by atoms with Crippen LogP contribution in [0.3, 0.4) is 0 Å². The zero-order chi connectivity index (χ0) is 16.2. The van der Waals surface area contributed by atoms with E-state index in [1.165, 1.54) is 0 Å². The number of benzene rings is 1. The number of nitrogens with one attached hydrogen (secondary N) is 1. The third kappa shape index (κ3) is 7.66. The summed E-state index contributed by atoms with van der Waals surface area (Å²) >= 11 is -0.0705. The lowest BCUT2D eigenvalue weighted by molar-refractivity contribution is -0.0328. The first-order valence-electron chi connectivity index (χ1n) is 7.30. The molecule has 0 amide bonds. The SMILES string of the molecule is C=C(C)C[C@H](c1ccc(SC(F)(F)F)cc1)N1CCNCC1.Cl.Cl. The fraction of sp³-hybridized carbons (Fsp3) is 0.500. The molecule has 0 aliphatic carbocycles. The Hall–Kier alpha value is -0.400. The number of rotatable bonds is 5. The molecule has 8 heteroatoms. The van der Waals surface area contributed by atoms with Crippen molar-refractivity contribution in [3.63, 3.8) is 0 Å². The van der Waals surface area contributed by atoms with Gasteiger partial charge >= 0.3 is 5.51 Å². The first-order valence-corrected chi connectivity index (χ1v) is 8.11. The minimum atomic E-state index is -4.24. The summed E-state index contributed by atoms with van der Waals surface area (Å²) in [6.45, 7) is 9.74. The van der Waals surface area contributed by atoms with E-state index in [-0.39, 0.29) is 47.5 Å². The number of nitrogens with zero attached hydrogens (tertiary/aromatic N) is 1. The van der Waals surface area contributed by atoms with Crippen molar-refractivity contribution in [2.24, 2.45) is 0 Å². The molecule has 1 heterocycles. The van der Waals surface area contributed by atoms with Gasteiger partial charge in [-0.1, -0.05) is 17.7 Å². The van der Waals surface area contributed by atoms with E-state index in [0.717, 1.165) is 43.7 Å². The molecule has 1 atom stereocenters. The highest BCUT2D eigenvalue weighted by Crippen LogP contribution is 2.37. The molecule has 1 aliphatic rings. The lowest BCUT2D eigenvalue weighted by atomic mass is 9.98.